The number of carbonyl (C=O) groups is 2. The molecule has 3 aromatic rings. The summed E-state index contributed by atoms with van der Waals surface area (Å²) in [5.41, 5.74) is 1.98. The van der Waals surface area contributed by atoms with Crippen molar-refractivity contribution >= 4 is 44.2 Å². The number of rotatable bonds is 6. The molecule has 0 bridgehead atoms. The fourth-order valence-corrected chi connectivity index (χ4v) is 3.28. The topological polar surface area (TPSA) is 80.3 Å². The summed E-state index contributed by atoms with van der Waals surface area (Å²) in [5.74, 6) is 0.296. The highest BCUT2D eigenvalue weighted by Crippen LogP contribution is 2.29. The number of fused-ring (bicyclic) bond motifs is 1. The molecule has 0 radical (unpaired) electrons. The van der Waals surface area contributed by atoms with E-state index in [1.165, 1.54) is 18.3 Å². The van der Waals surface area contributed by atoms with Gasteiger partial charge in [0.1, 0.15) is 5.75 Å². The Morgan fingerprint density at radius 3 is 2.77 bits per heavy atom. The predicted octanol–water partition coefficient (Wildman–Crippen LogP) is 4.30. The average molecular weight is 369 g/mol. The molecule has 1 heterocycles. The van der Waals surface area contributed by atoms with Gasteiger partial charge in [-0.25, -0.2) is 4.98 Å². The van der Waals surface area contributed by atoms with E-state index >= 15 is 0 Å². The standard InChI is InChI=1S/C19H19N3O3S/c1-3-9-25-15-6-4-5-13(10-15)18(24)22-19-21-16-8-7-14(20-12(2)23)11-17(16)26-19/h4-8,10-11H,3,9H2,1-2H3,(H,20,23)(H,21,22,24). The monoisotopic (exact) mass is 369 g/mol. The second-order valence-corrected chi connectivity index (χ2v) is 6.74. The zero-order chi connectivity index (χ0) is 18.5. The van der Waals surface area contributed by atoms with Crippen molar-refractivity contribution in [3.05, 3.63) is 48.0 Å². The molecule has 0 atom stereocenters. The molecular weight excluding hydrogens is 350 g/mol. The minimum absolute atomic E-state index is 0.132. The van der Waals surface area contributed by atoms with Crippen molar-refractivity contribution in [2.45, 2.75) is 20.3 Å². The van der Waals surface area contributed by atoms with E-state index in [2.05, 4.69) is 15.6 Å². The molecule has 0 saturated heterocycles. The van der Waals surface area contributed by atoms with Gasteiger partial charge in [-0.1, -0.05) is 24.3 Å². The lowest BCUT2D eigenvalue weighted by atomic mass is 10.2. The number of thiazole rings is 1. The van der Waals surface area contributed by atoms with Crippen molar-refractivity contribution in [3.63, 3.8) is 0 Å². The van der Waals surface area contributed by atoms with E-state index < -0.39 is 0 Å². The summed E-state index contributed by atoms with van der Waals surface area (Å²) in [5, 5.41) is 6.06. The summed E-state index contributed by atoms with van der Waals surface area (Å²) >= 11 is 1.35. The first kappa shape index (κ1) is 17.9. The van der Waals surface area contributed by atoms with Gasteiger partial charge in [-0.3, -0.25) is 14.9 Å². The van der Waals surface area contributed by atoms with E-state index in [1.54, 1.807) is 24.3 Å². The van der Waals surface area contributed by atoms with Crippen LogP contribution in [0, 0.1) is 0 Å². The van der Waals surface area contributed by atoms with Gasteiger partial charge in [0, 0.05) is 18.2 Å². The molecule has 2 amide bonds. The molecule has 1 aromatic heterocycles. The number of nitrogens with one attached hydrogen (secondary N) is 2. The van der Waals surface area contributed by atoms with Crippen LogP contribution < -0.4 is 15.4 Å². The lowest BCUT2D eigenvalue weighted by Crippen LogP contribution is -2.11. The molecule has 0 spiro atoms. The molecule has 0 aliphatic heterocycles. The van der Waals surface area contributed by atoms with E-state index in [-0.39, 0.29) is 11.8 Å². The Morgan fingerprint density at radius 2 is 2.00 bits per heavy atom. The van der Waals surface area contributed by atoms with Crippen LogP contribution in [0.25, 0.3) is 10.2 Å². The van der Waals surface area contributed by atoms with Gasteiger partial charge in [-0.2, -0.15) is 0 Å². The van der Waals surface area contributed by atoms with Crippen LogP contribution in [0.4, 0.5) is 10.8 Å². The molecule has 2 aromatic carbocycles. The summed E-state index contributed by atoms with van der Waals surface area (Å²) in [6.07, 6.45) is 0.905. The fraction of sp³-hybridized carbons (Fsp3) is 0.211. The van der Waals surface area contributed by atoms with E-state index in [0.717, 1.165) is 16.6 Å². The van der Waals surface area contributed by atoms with Gasteiger partial charge < -0.3 is 10.1 Å². The number of hydrogen-bond acceptors (Lipinski definition) is 5. The normalized spacial score (nSPS) is 10.5. The highest BCUT2D eigenvalue weighted by atomic mass is 32.1. The van der Waals surface area contributed by atoms with Gasteiger partial charge in [0.2, 0.25) is 5.91 Å². The molecule has 26 heavy (non-hydrogen) atoms. The number of amides is 2. The molecule has 7 heteroatoms. The van der Waals surface area contributed by atoms with E-state index in [4.69, 9.17) is 4.74 Å². The van der Waals surface area contributed by atoms with Gasteiger partial charge in [0.05, 0.1) is 16.8 Å². The first-order valence-corrected chi connectivity index (χ1v) is 9.09. The van der Waals surface area contributed by atoms with Crippen LogP contribution in [0.1, 0.15) is 30.6 Å². The Bertz CT molecular complexity index is 952. The van der Waals surface area contributed by atoms with Crippen LogP contribution in [0.3, 0.4) is 0 Å². The highest BCUT2D eigenvalue weighted by molar-refractivity contribution is 7.22. The van der Waals surface area contributed by atoms with Crippen molar-refractivity contribution in [3.8, 4) is 5.75 Å². The van der Waals surface area contributed by atoms with Crippen LogP contribution in [0.15, 0.2) is 42.5 Å². The van der Waals surface area contributed by atoms with Crippen molar-refractivity contribution in [2.75, 3.05) is 17.2 Å². The molecule has 0 aliphatic carbocycles. The number of benzene rings is 2. The lowest BCUT2D eigenvalue weighted by Gasteiger charge is -2.06. The summed E-state index contributed by atoms with van der Waals surface area (Å²) in [4.78, 5) is 28.0. The second kappa shape index (κ2) is 7.97. The maximum absolute atomic E-state index is 12.5. The smallest absolute Gasteiger partial charge is 0.257 e. The Balaban J connectivity index is 1.75. The first-order valence-electron chi connectivity index (χ1n) is 8.27. The molecule has 0 unspecified atom stereocenters. The lowest BCUT2D eigenvalue weighted by molar-refractivity contribution is -0.114. The van der Waals surface area contributed by atoms with Gasteiger partial charge >= 0.3 is 0 Å². The molecule has 0 fully saturated rings. The van der Waals surface area contributed by atoms with Gasteiger partial charge in [0.15, 0.2) is 5.13 Å². The van der Waals surface area contributed by atoms with Gasteiger partial charge in [0.25, 0.3) is 5.91 Å². The largest absolute Gasteiger partial charge is 0.494 e. The first-order chi connectivity index (χ1) is 12.5. The van der Waals surface area contributed by atoms with E-state index in [1.807, 2.05) is 25.1 Å². The van der Waals surface area contributed by atoms with Gasteiger partial charge in [-0.05, 0) is 42.8 Å². The quantitative estimate of drug-likeness (QED) is 0.679. The fourth-order valence-electron chi connectivity index (χ4n) is 2.38. The Morgan fingerprint density at radius 1 is 1.15 bits per heavy atom. The van der Waals surface area contributed by atoms with E-state index in [9.17, 15) is 9.59 Å². The number of ether oxygens (including phenoxy) is 1. The zero-order valence-electron chi connectivity index (χ0n) is 14.5. The van der Waals surface area contributed by atoms with Gasteiger partial charge in [-0.15, -0.1) is 0 Å². The maximum atomic E-state index is 12.5. The predicted molar refractivity (Wildman–Crippen MR) is 104 cm³/mol. The average Bonchev–Trinajstić information content (AvgIpc) is 3.01. The molecule has 3 rings (SSSR count). The second-order valence-electron chi connectivity index (χ2n) is 5.71. The number of carbonyl (C=O) groups excluding carboxylic acids is 2. The molecule has 0 saturated carbocycles. The third-order valence-electron chi connectivity index (χ3n) is 3.50. The van der Waals surface area contributed by atoms with Crippen LogP contribution in [0.5, 0.6) is 5.75 Å². The number of hydrogen-bond donors (Lipinski definition) is 2. The van der Waals surface area contributed by atoms with Crippen LogP contribution in [-0.2, 0) is 4.79 Å². The maximum Gasteiger partial charge on any atom is 0.257 e. The Labute approximate surface area is 155 Å². The summed E-state index contributed by atoms with van der Waals surface area (Å²) < 4.78 is 6.44. The molecule has 134 valence electrons. The molecular formula is C19H19N3O3S. The Hall–Kier alpha value is -2.93. The third-order valence-corrected chi connectivity index (χ3v) is 4.43. The summed E-state index contributed by atoms with van der Waals surface area (Å²) in [7, 11) is 0. The van der Waals surface area contributed by atoms with Crippen LogP contribution in [0.2, 0.25) is 0 Å². The van der Waals surface area contributed by atoms with Crippen molar-refractivity contribution in [1.29, 1.82) is 0 Å². The zero-order valence-corrected chi connectivity index (χ0v) is 15.4. The van der Waals surface area contributed by atoms with E-state index in [0.29, 0.717) is 28.7 Å². The summed E-state index contributed by atoms with van der Waals surface area (Å²) in [6, 6.07) is 12.5. The van der Waals surface area contributed by atoms with Crippen molar-refractivity contribution in [2.24, 2.45) is 0 Å². The minimum atomic E-state index is -0.243. The molecule has 0 aliphatic rings. The SMILES string of the molecule is CCCOc1cccc(C(=O)Nc2nc3ccc(NC(C)=O)cc3s2)c1. The van der Waals surface area contributed by atoms with Crippen molar-refractivity contribution in [1.82, 2.24) is 4.98 Å². The molecule has 6 nitrogen and oxygen atoms in total. The minimum Gasteiger partial charge on any atom is -0.494 e. The Kier molecular flexibility index (Phi) is 5.48. The third kappa shape index (κ3) is 4.37. The summed E-state index contributed by atoms with van der Waals surface area (Å²) in [6.45, 7) is 4.10. The number of nitrogens with zero attached hydrogens (tertiary/aromatic N) is 1. The van der Waals surface area contributed by atoms with Crippen LogP contribution in [-0.4, -0.2) is 23.4 Å². The van der Waals surface area contributed by atoms with Crippen molar-refractivity contribution < 1.29 is 14.3 Å². The molecule has 2 N–H and O–H groups in total. The highest BCUT2D eigenvalue weighted by Gasteiger charge is 2.11. The van der Waals surface area contributed by atoms with Crippen LogP contribution >= 0.6 is 11.3 Å². The number of aromatic nitrogens is 1. The number of anilines is 2.